The minimum absolute atomic E-state index is 0.160. The molecule has 0 heterocycles. The van der Waals surface area contributed by atoms with Crippen LogP contribution in [0.15, 0.2) is 66.8 Å². The van der Waals surface area contributed by atoms with Gasteiger partial charge in [0.1, 0.15) is 0 Å². The molecule has 5 rings (SSSR count). The second-order valence-corrected chi connectivity index (χ2v) is 12.2. The van der Waals surface area contributed by atoms with Crippen molar-refractivity contribution < 1.29 is 17.6 Å². The van der Waals surface area contributed by atoms with Crippen molar-refractivity contribution in [1.29, 1.82) is 0 Å². The highest BCUT2D eigenvalue weighted by molar-refractivity contribution is 5.74. The summed E-state index contributed by atoms with van der Waals surface area (Å²) in [6.07, 6.45) is 17.7. The van der Waals surface area contributed by atoms with Gasteiger partial charge in [-0.05, 0) is 105 Å². The molecule has 1 fully saturated rings. The first-order valence-corrected chi connectivity index (χ1v) is 15.8. The maximum atomic E-state index is 15.4. The van der Waals surface area contributed by atoms with Crippen molar-refractivity contribution in [3.05, 3.63) is 101 Å². The van der Waals surface area contributed by atoms with Crippen molar-refractivity contribution in [2.24, 2.45) is 17.8 Å². The van der Waals surface area contributed by atoms with E-state index in [-0.39, 0.29) is 11.1 Å². The highest BCUT2D eigenvalue weighted by Gasteiger charge is 2.29. The van der Waals surface area contributed by atoms with Gasteiger partial charge in [0.25, 0.3) is 0 Å². The molecule has 0 aliphatic heterocycles. The lowest BCUT2D eigenvalue weighted by Gasteiger charge is -2.35. The third kappa shape index (κ3) is 6.58. The zero-order valence-corrected chi connectivity index (χ0v) is 24.9. The number of benzene rings is 3. The van der Waals surface area contributed by atoms with E-state index in [0.717, 1.165) is 50.0 Å². The monoisotopic (exact) mass is 574 g/mol. The van der Waals surface area contributed by atoms with Gasteiger partial charge in [0.15, 0.2) is 23.3 Å². The van der Waals surface area contributed by atoms with Gasteiger partial charge in [-0.1, -0.05) is 86.5 Å². The molecular weight excluding hydrogens is 532 g/mol. The molecule has 2 aliphatic carbocycles. The van der Waals surface area contributed by atoms with Gasteiger partial charge < -0.3 is 0 Å². The summed E-state index contributed by atoms with van der Waals surface area (Å²) in [6.45, 7) is 4.16. The number of rotatable bonds is 9. The summed E-state index contributed by atoms with van der Waals surface area (Å²) >= 11 is 0. The molecule has 1 unspecified atom stereocenters. The number of hydrogen-bond donors (Lipinski definition) is 0. The Hall–Kier alpha value is -3.14. The Bertz CT molecular complexity index is 1420. The normalized spacial score (nSPS) is 21.1. The highest BCUT2D eigenvalue weighted by Crippen LogP contribution is 2.42. The maximum absolute atomic E-state index is 15.4. The number of allylic oxidation sites excluding steroid dienone is 4. The van der Waals surface area contributed by atoms with Gasteiger partial charge in [-0.25, -0.2) is 17.6 Å². The van der Waals surface area contributed by atoms with E-state index in [9.17, 15) is 8.78 Å². The Morgan fingerprint density at radius 1 is 0.667 bits per heavy atom. The zero-order valence-electron chi connectivity index (χ0n) is 24.9. The van der Waals surface area contributed by atoms with Crippen molar-refractivity contribution in [3.63, 3.8) is 0 Å². The summed E-state index contributed by atoms with van der Waals surface area (Å²) in [6, 6.07) is 13.1. The van der Waals surface area contributed by atoms with Crippen LogP contribution in [0.2, 0.25) is 0 Å². The van der Waals surface area contributed by atoms with E-state index in [0.29, 0.717) is 40.5 Å². The average Bonchev–Trinajstić information content (AvgIpc) is 3.02. The fourth-order valence-corrected chi connectivity index (χ4v) is 7.03. The van der Waals surface area contributed by atoms with E-state index >= 15 is 8.78 Å². The van der Waals surface area contributed by atoms with E-state index in [1.807, 2.05) is 0 Å². The quantitative estimate of drug-likeness (QED) is 0.135. The molecular formula is C38H42F4. The lowest BCUT2D eigenvalue weighted by atomic mass is 9.71. The van der Waals surface area contributed by atoms with Crippen LogP contribution >= 0.6 is 0 Å². The summed E-state index contributed by atoms with van der Waals surface area (Å²) in [5.41, 5.74) is 2.92. The second kappa shape index (κ2) is 13.9. The van der Waals surface area contributed by atoms with Crippen LogP contribution in [0, 0.1) is 41.0 Å². The largest absolute Gasteiger partial charge is 0.203 e. The number of aryl methyl sites for hydroxylation is 1. The first-order valence-electron chi connectivity index (χ1n) is 15.8. The molecule has 1 atom stereocenters. The summed E-state index contributed by atoms with van der Waals surface area (Å²) in [5.74, 6) is -1.31. The van der Waals surface area contributed by atoms with Crippen LogP contribution < -0.4 is 0 Å². The van der Waals surface area contributed by atoms with Crippen molar-refractivity contribution in [1.82, 2.24) is 0 Å². The van der Waals surface area contributed by atoms with Crippen LogP contribution in [-0.2, 0) is 6.42 Å². The predicted molar refractivity (Wildman–Crippen MR) is 166 cm³/mol. The second-order valence-electron chi connectivity index (χ2n) is 12.2. The molecule has 42 heavy (non-hydrogen) atoms. The molecule has 0 spiro atoms. The Balaban J connectivity index is 1.28. The third-order valence-electron chi connectivity index (χ3n) is 9.55. The van der Waals surface area contributed by atoms with E-state index in [1.165, 1.54) is 25.7 Å². The molecule has 0 amide bonds. The molecule has 222 valence electrons. The smallest absolute Gasteiger partial charge is 0.167 e. The Morgan fingerprint density at radius 2 is 1.26 bits per heavy atom. The minimum Gasteiger partial charge on any atom is -0.203 e. The standard InChI is InChI=1S/C38H42F4/c1-3-5-6-8-31-21-22-32(36(40)35(31)39)29-17-19-30(20-18-29)34-24-23-33(37(41)38(34)42)28-15-13-27(14-16-28)26-11-9-25(7-4-2)10-12-26/h4,7,15,17-27H,3,5-6,8-14,16H2,1-2H3/b7-4+. The molecule has 4 heteroatoms. The van der Waals surface area contributed by atoms with Crippen molar-refractivity contribution >= 4 is 5.57 Å². The number of unbranched alkanes of at least 4 members (excludes halogenated alkanes) is 2. The Labute approximate surface area is 248 Å². The summed E-state index contributed by atoms with van der Waals surface area (Å²) in [5, 5.41) is 0. The SMILES string of the molecule is C/C=C/C1CCC(C2CC=C(c3ccc(-c4ccc(-c5ccc(CCCCC)c(F)c5F)cc4)c(F)c3F)CC2)CC1. The van der Waals surface area contributed by atoms with Crippen LogP contribution in [-0.4, -0.2) is 0 Å². The molecule has 2 aliphatic rings. The molecule has 0 bridgehead atoms. The van der Waals surface area contributed by atoms with Crippen molar-refractivity contribution in [3.8, 4) is 22.3 Å². The molecule has 0 nitrogen and oxygen atoms in total. The fraction of sp³-hybridized carbons (Fsp3) is 0.421. The lowest BCUT2D eigenvalue weighted by molar-refractivity contribution is 0.212. The van der Waals surface area contributed by atoms with Gasteiger partial charge >= 0.3 is 0 Å². The van der Waals surface area contributed by atoms with E-state index in [2.05, 4.69) is 32.1 Å². The van der Waals surface area contributed by atoms with Crippen molar-refractivity contribution in [2.75, 3.05) is 0 Å². The first-order chi connectivity index (χ1) is 20.4. The third-order valence-corrected chi connectivity index (χ3v) is 9.55. The van der Waals surface area contributed by atoms with E-state index in [1.54, 1.807) is 48.5 Å². The molecule has 0 aromatic heterocycles. The Kier molecular flexibility index (Phi) is 10.0. The summed E-state index contributed by atoms with van der Waals surface area (Å²) < 4.78 is 60.3. The van der Waals surface area contributed by atoms with Crippen LogP contribution in [0.4, 0.5) is 17.6 Å². The first kappa shape index (κ1) is 30.3. The highest BCUT2D eigenvalue weighted by atomic mass is 19.2. The van der Waals surface area contributed by atoms with Gasteiger partial charge in [0.05, 0.1) is 0 Å². The lowest BCUT2D eigenvalue weighted by Crippen LogP contribution is -2.22. The van der Waals surface area contributed by atoms with Crippen molar-refractivity contribution in [2.45, 2.75) is 84.5 Å². The molecule has 3 aromatic rings. The Morgan fingerprint density at radius 3 is 1.86 bits per heavy atom. The molecule has 3 aromatic carbocycles. The number of halogens is 4. The number of hydrogen-bond acceptors (Lipinski definition) is 0. The average molecular weight is 575 g/mol. The topological polar surface area (TPSA) is 0 Å². The fourth-order valence-electron chi connectivity index (χ4n) is 7.03. The molecule has 0 radical (unpaired) electrons. The van der Waals surface area contributed by atoms with Gasteiger partial charge in [-0.3, -0.25) is 0 Å². The van der Waals surface area contributed by atoms with Gasteiger partial charge in [0.2, 0.25) is 0 Å². The maximum Gasteiger partial charge on any atom is 0.167 e. The minimum atomic E-state index is -0.876. The molecule has 0 N–H and O–H groups in total. The molecule has 1 saturated carbocycles. The van der Waals surface area contributed by atoms with Gasteiger partial charge in [0, 0.05) is 16.7 Å². The van der Waals surface area contributed by atoms with Gasteiger partial charge in [-0.15, -0.1) is 0 Å². The summed E-state index contributed by atoms with van der Waals surface area (Å²) in [4.78, 5) is 0. The van der Waals surface area contributed by atoms with Crippen LogP contribution in [0.25, 0.3) is 27.8 Å². The van der Waals surface area contributed by atoms with Crippen LogP contribution in [0.5, 0.6) is 0 Å². The van der Waals surface area contributed by atoms with E-state index in [4.69, 9.17) is 0 Å². The molecule has 0 saturated heterocycles. The van der Waals surface area contributed by atoms with Crippen LogP contribution in [0.3, 0.4) is 0 Å². The summed E-state index contributed by atoms with van der Waals surface area (Å²) in [7, 11) is 0. The zero-order chi connectivity index (χ0) is 29.6. The van der Waals surface area contributed by atoms with Crippen LogP contribution in [0.1, 0.15) is 89.2 Å². The van der Waals surface area contributed by atoms with E-state index < -0.39 is 23.3 Å². The van der Waals surface area contributed by atoms with Gasteiger partial charge in [-0.2, -0.15) is 0 Å². The predicted octanol–water partition coefficient (Wildman–Crippen LogP) is 11.9.